The molecule has 6 nitrogen and oxygen atoms in total. The number of halogens is 3. The number of benzene rings is 1. The number of rotatable bonds is 6. The van der Waals surface area contributed by atoms with Crippen LogP contribution in [0.2, 0.25) is 0 Å². The fourth-order valence-corrected chi connectivity index (χ4v) is 2.61. The molecule has 2 aromatic heterocycles. The van der Waals surface area contributed by atoms with Crippen LogP contribution >= 0.6 is 0 Å². The van der Waals surface area contributed by atoms with E-state index in [2.05, 4.69) is 10.4 Å². The summed E-state index contributed by atoms with van der Waals surface area (Å²) < 4.78 is 42.0. The molecule has 0 fully saturated rings. The summed E-state index contributed by atoms with van der Waals surface area (Å²) in [5.41, 5.74) is -0.410. The van der Waals surface area contributed by atoms with Gasteiger partial charge < -0.3 is 15.0 Å². The van der Waals surface area contributed by atoms with E-state index < -0.39 is 17.6 Å². The maximum absolute atomic E-state index is 13.0. The highest BCUT2D eigenvalue weighted by Gasteiger charge is 2.31. The fraction of sp³-hybridized carbons (Fsp3) is 0.222. The van der Waals surface area contributed by atoms with Gasteiger partial charge in [0, 0.05) is 25.5 Å². The van der Waals surface area contributed by atoms with Crippen molar-refractivity contribution in [1.82, 2.24) is 19.7 Å². The minimum absolute atomic E-state index is 0.0613. The van der Waals surface area contributed by atoms with Crippen LogP contribution in [0.15, 0.2) is 55.0 Å². The van der Waals surface area contributed by atoms with Crippen molar-refractivity contribution in [3.05, 3.63) is 66.1 Å². The van der Waals surface area contributed by atoms with Crippen LogP contribution in [-0.2, 0) is 6.18 Å². The molecule has 9 heteroatoms. The van der Waals surface area contributed by atoms with Crippen molar-refractivity contribution in [1.29, 1.82) is 0 Å². The molecule has 0 aliphatic heterocycles. The van der Waals surface area contributed by atoms with Crippen LogP contribution in [0.25, 0.3) is 11.5 Å². The topological polar surface area (TPSA) is 72.1 Å². The van der Waals surface area contributed by atoms with E-state index in [0.29, 0.717) is 12.2 Å². The second kappa shape index (κ2) is 7.67. The van der Waals surface area contributed by atoms with Gasteiger partial charge in [0.1, 0.15) is 5.56 Å². The summed E-state index contributed by atoms with van der Waals surface area (Å²) in [5, 5.41) is 15.6. The van der Waals surface area contributed by atoms with E-state index in [9.17, 15) is 18.0 Å². The van der Waals surface area contributed by atoms with Gasteiger partial charge in [-0.2, -0.15) is 18.3 Å². The Morgan fingerprint density at radius 3 is 2.59 bits per heavy atom. The van der Waals surface area contributed by atoms with E-state index in [1.165, 1.54) is 23.0 Å². The molecule has 3 rings (SSSR count). The molecule has 27 heavy (non-hydrogen) atoms. The van der Waals surface area contributed by atoms with Crippen molar-refractivity contribution in [3.63, 3.8) is 0 Å². The zero-order valence-corrected chi connectivity index (χ0v) is 14.1. The number of hydrogen-bond acceptors (Lipinski definition) is 3. The summed E-state index contributed by atoms with van der Waals surface area (Å²) in [6, 6.07) is 8.20. The Hall–Kier alpha value is -3.07. The van der Waals surface area contributed by atoms with Gasteiger partial charge in [0.2, 0.25) is 0 Å². The Labute approximate surface area is 152 Å². The zero-order valence-electron chi connectivity index (χ0n) is 14.1. The number of aromatic nitrogens is 3. The molecule has 0 atom stereocenters. The van der Waals surface area contributed by atoms with Gasteiger partial charge in [0.25, 0.3) is 5.91 Å². The predicted octanol–water partition coefficient (Wildman–Crippen LogP) is 2.79. The van der Waals surface area contributed by atoms with E-state index in [0.717, 1.165) is 12.1 Å². The van der Waals surface area contributed by atoms with Gasteiger partial charge in [0.05, 0.1) is 17.4 Å². The lowest BCUT2D eigenvalue weighted by Gasteiger charge is -2.13. The van der Waals surface area contributed by atoms with E-state index >= 15 is 0 Å². The molecule has 0 spiro atoms. The molecule has 3 aromatic rings. The van der Waals surface area contributed by atoms with Crippen molar-refractivity contribution in [2.24, 2.45) is 0 Å². The molecule has 2 heterocycles. The summed E-state index contributed by atoms with van der Waals surface area (Å²) in [6.07, 6.45) is 0.564. The number of hydrogen-bond donors (Lipinski definition) is 2. The van der Waals surface area contributed by atoms with Gasteiger partial charge >= 0.3 is 6.18 Å². The van der Waals surface area contributed by atoms with Gasteiger partial charge in [-0.1, -0.05) is 6.07 Å². The number of carbonyl (C=O) groups is 1. The Morgan fingerprint density at radius 2 is 1.93 bits per heavy atom. The standard InChI is InChI=1S/C18H17F3N4O2/c19-18(20,21)13-5-3-6-14(11-13)25-17(24-8-1-2-9-24)15(12-23-25)16(27)22-7-4-10-26/h1-3,5-6,8-9,11-12,26H,4,7,10H2,(H,22,27). The maximum atomic E-state index is 13.0. The molecule has 0 saturated heterocycles. The SMILES string of the molecule is O=C(NCCCO)c1cnn(-c2cccc(C(F)(F)F)c2)c1-n1cccc1. The van der Waals surface area contributed by atoms with Gasteiger partial charge in [-0.15, -0.1) is 0 Å². The van der Waals surface area contributed by atoms with Gasteiger partial charge in [-0.05, 0) is 36.8 Å². The lowest BCUT2D eigenvalue weighted by molar-refractivity contribution is -0.137. The minimum Gasteiger partial charge on any atom is -0.396 e. The number of nitrogens with zero attached hydrogens (tertiary/aromatic N) is 3. The van der Waals surface area contributed by atoms with Crippen LogP contribution in [0.5, 0.6) is 0 Å². The number of nitrogens with one attached hydrogen (secondary N) is 1. The molecule has 0 aliphatic rings. The summed E-state index contributed by atoms with van der Waals surface area (Å²) in [5.74, 6) is -0.105. The number of carbonyl (C=O) groups excluding carboxylic acids is 1. The van der Waals surface area contributed by atoms with Crippen molar-refractivity contribution >= 4 is 5.91 Å². The lowest BCUT2D eigenvalue weighted by atomic mass is 10.2. The predicted molar refractivity (Wildman–Crippen MR) is 91.9 cm³/mol. The average Bonchev–Trinajstić information content (AvgIpc) is 3.30. The average molecular weight is 378 g/mol. The highest BCUT2D eigenvalue weighted by atomic mass is 19.4. The first-order valence-electron chi connectivity index (χ1n) is 8.20. The molecule has 0 radical (unpaired) electrons. The van der Waals surface area contributed by atoms with Crippen molar-refractivity contribution in [3.8, 4) is 11.5 Å². The van der Waals surface area contributed by atoms with Crippen molar-refractivity contribution in [2.75, 3.05) is 13.2 Å². The molecule has 0 unspecified atom stereocenters. The third kappa shape index (κ3) is 4.03. The molecule has 1 amide bonds. The zero-order chi connectivity index (χ0) is 19.4. The number of aliphatic hydroxyl groups is 1. The largest absolute Gasteiger partial charge is 0.416 e. The summed E-state index contributed by atoms with van der Waals surface area (Å²) in [7, 11) is 0. The Bertz CT molecular complexity index is 917. The first kappa shape index (κ1) is 18.7. The molecule has 2 N–H and O–H groups in total. The molecule has 0 bridgehead atoms. The van der Waals surface area contributed by atoms with Crippen molar-refractivity contribution in [2.45, 2.75) is 12.6 Å². The van der Waals surface area contributed by atoms with Crippen LogP contribution in [-0.4, -0.2) is 38.5 Å². The van der Waals surface area contributed by atoms with Crippen LogP contribution in [0.4, 0.5) is 13.2 Å². The number of aliphatic hydroxyl groups excluding tert-OH is 1. The maximum Gasteiger partial charge on any atom is 0.416 e. The molecular weight excluding hydrogens is 361 g/mol. The second-order valence-electron chi connectivity index (χ2n) is 5.77. The molecule has 1 aromatic carbocycles. The summed E-state index contributed by atoms with van der Waals surface area (Å²) in [4.78, 5) is 12.5. The van der Waals surface area contributed by atoms with Gasteiger partial charge in [0.15, 0.2) is 5.82 Å². The van der Waals surface area contributed by atoms with Crippen LogP contribution < -0.4 is 5.32 Å². The van der Waals surface area contributed by atoms with Crippen molar-refractivity contribution < 1.29 is 23.1 Å². The highest BCUT2D eigenvalue weighted by Crippen LogP contribution is 2.31. The summed E-state index contributed by atoms with van der Waals surface area (Å²) in [6.45, 7) is 0.212. The highest BCUT2D eigenvalue weighted by molar-refractivity contribution is 5.97. The van der Waals surface area contributed by atoms with E-state index in [-0.39, 0.29) is 24.4 Å². The van der Waals surface area contributed by atoms with Gasteiger partial charge in [-0.25, -0.2) is 4.68 Å². The first-order valence-corrected chi connectivity index (χ1v) is 8.20. The monoisotopic (exact) mass is 378 g/mol. The normalized spacial score (nSPS) is 11.6. The molecule has 0 aliphatic carbocycles. The first-order chi connectivity index (χ1) is 12.9. The lowest BCUT2D eigenvalue weighted by Crippen LogP contribution is -2.26. The Morgan fingerprint density at radius 1 is 1.19 bits per heavy atom. The molecule has 0 saturated carbocycles. The van der Waals surface area contributed by atoms with E-state index in [1.807, 2.05) is 0 Å². The van der Waals surface area contributed by atoms with Gasteiger partial charge in [-0.3, -0.25) is 4.79 Å². The molecule has 142 valence electrons. The van der Waals surface area contributed by atoms with Crippen LogP contribution in [0.3, 0.4) is 0 Å². The Balaban J connectivity index is 2.06. The third-order valence-electron chi connectivity index (χ3n) is 3.88. The van der Waals surface area contributed by atoms with Crippen LogP contribution in [0.1, 0.15) is 22.3 Å². The Kier molecular flexibility index (Phi) is 5.31. The second-order valence-corrected chi connectivity index (χ2v) is 5.77. The minimum atomic E-state index is -4.48. The van der Waals surface area contributed by atoms with E-state index in [1.54, 1.807) is 29.1 Å². The number of alkyl halides is 3. The summed E-state index contributed by atoms with van der Waals surface area (Å²) >= 11 is 0. The molecular formula is C18H17F3N4O2. The number of amides is 1. The third-order valence-corrected chi connectivity index (χ3v) is 3.88. The van der Waals surface area contributed by atoms with E-state index in [4.69, 9.17) is 5.11 Å². The smallest absolute Gasteiger partial charge is 0.396 e. The van der Waals surface area contributed by atoms with Crippen LogP contribution in [0, 0.1) is 0 Å². The quantitative estimate of drug-likeness (QED) is 0.648. The fourth-order valence-electron chi connectivity index (χ4n) is 2.61.